The number of nitro groups is 1. The third-order valence-electron chi connectivity index (χ3n) is 4.94. The van der Waals surface area contributed by atoms with Crippen LogP contribution < -0.4 is 21.3 Å². The van der Waals surface area contributed by atoms with Crippen molar-refractivity contribution in [2.75, 3.05) is 24.9 Å². The van der Waals surface area contributed by atoms with E-state index in [1.54, 1.807) is 0 Å². The van der Waals surface area contributed by atoms with Gasteiger partial charge in [-0.15, -0.1) is 22.9 Å². The van der Waals surface area contributed by atoms with E-state index in [9.17, 15) is 34.1 Å². The van der Waals surface area contributed by atoms with Gasteiger partial charge in [0.25, 0.3) is 11.6 Å². The molecule has 2 heterocycles. The zero-order chi connectivity index (χ0) is 28.5. The number of rotatable bonds is 12. The van der Waals surface area contributed by atoms with Crippen LogP contribution in [0.3, 0.4) is 0 Å². The zero-order valence-corrected chi connectivity index (χ0v) is 21.5. The fourth-order valence-corrected chi connectivity index (χ4v) is 3.76. The van der Waals surface area contributed by atoms with Crippen LogP contribution >= 0.6 is 22.9 Å². The van der Waals surface area contributed by atoms with Gasteiger partial charge < -0.3 is 30.8 Å². The largest absolute Gasteiger partial charge is 0.458 e. The van der Waals surface area contributed by atoms with Gasteiger partial charge in [-0.2, -0.15) is 0 Å². The number of benzene rings is 1. The first-order valence-corrected chi connectivity index (χ1v) is 12.3. The minimum Gasteiger partial charge on any atom is -0.458 e. The van der Waals surface area contributed by atoms with Crippen molar-refractivity contribution in [3.63, 3.8) is 0 Å². The van der Waals surface area contributed by atoms with E-state index < -0.39 is 58.9 Å². The number of nitrogens with zero attached hydrogens (tertiary/aromatic N) is 3. The molecule has 1 aliphatic heterocycles. The number of carbonyl (C=O) groups excluding carboxylic acids is 5. The van der Waals surface area contributed by atoms with E-state index in [-0.39, 0.29) is 29.0 Å². The highest BCUT2D eigenvalue weighted by Gasteiger charge is 2.45. The first-order valence-electron chi connectivity index (χ1n) is 10.9. The van der Waals surface area contributed by atoms with Gasteiger partial charge >= 0.3 is 5.97 Å². The van der Waals surface area contributed by atoms with Crippen molar-refractivity contribution in [3.8, 4) is 0 Å². The van der Waals surface area contributed by atoms with Crippen LogP contribution in [-0.2, 0) is 40.2 Å². The van der Waals surface area contributed by atoms with Crippen molar-refractivity contribution in [3.05, 3.63) is 51.0 Å². The van der Waals surface area contributed by atoms with E-state index in [1.807, 2.05) is 0 Å². The monoisotopic (exact) mass is 581 g/mol. The van der Waals surface area contributed by atoms with Gasteiger partial charge in [-0.1, -0.05) is 5.16 Å². The van der Waals surface area contributed by atoms with Crippen LogP contribution in [0.5, 0.6) is 0 Å². The number of thiazole rings is 1. The number of β-lactam (4-membered cyclic amide) rings is 1. The number of non-ortho nitro benzene ring substituents is 1. The molecule has 1 aromatic carbocycles. The Morgan fingerprint density at radius 3 is 2.59 bits per heavy atom. The fourth-order valence-electron chi connectivity index (χ4n) is 2.98. The Morgan fingerprint density at radius 2 is 1.97 bits per heavy atom. The molecule has 16 nitrogen and oxygen atoms in total. The maximum Gasteiger partial charge on any atom is 0.347 e. The van der Waals surface area contributed by atoms with Gasteiger partial charge in [-0.3, -0.25) is 29.3 Å². The predicted molar refractivity (Wildman–Crippen MR) is 135 cm³/mol. The first kappa shape index (κ1) is 28.9. The molecule has 206 valence electrons. The normalized spacial score (nSPS) is 16.3. The van der Waals surface area contributed by atoms with Crippen LogP contribution in [0.1, 0.15) is 11.3 Å². The van der Waals surface area contributed by atoms with Crippen molar-refractivity contribution in [2.24, 2.45) is 5.16 Å². The molecule has 1 aliphatic rings. The molecule has 39 heavy (non-hydrogen) atoms. The number of oxime groups is 1. The van der Waals surface area contributed by atoms with E-state index in [2.05, 4.69) is 31.4 Å². The SMILES string of the molecule is CNC(=O)C1NC(=O)C1NC(=O)/C(=N\OCC(=O)OCc1ccc([N+](=O)[O-])cc1)c1csc(NC(=O)CCl)n1. The van der Waals surface area contributed by atoms with Crippen molar-refractivity contribution < 1.29 is 38.5 Å². The number of nitrogens with one attached hydrogen (secondary N) is 4. The van der Waals surface area contributed by atoms with Crippen molar-refractivity contribution in [1.82, 2.24) is 20.9 Å². The summed E-state index contributed by atoms with van der Waals surface area (Å²) in [4.78, 5) is 79.6. The number of ether oxygens (including phenoxy) is 1. The second kappa shape index (κ2) is 13.2. The standard InChI is InChI=1S/C21H20ClN7O9S/c1-23-18(32)16-17(20(34)26-16)27-19(33)15(12-9-39-21(24-12)25-13(30)6-22)28-38-8-14(31)37-7-10-2-4-11(5-3-10)29(35)36/h2-5,9,16-17H,6-8H2,1H3,(H,23,32)(H,26,34)(H,27,33)(H,24,25,30)/b28-15-. The number of likely N-dealkylation sites (N-methyl/N-ethyl adjacent to an activating group) is 1. The lowest BCUT2D eigenvalue weighted by Gasteiger charge is -2.35. The van der Waals surface area contributed by atoms with Crippen molar-refractivity contribution in [2.45, 2.75) is 18.7 Å². The summed E-state index contributed by atoms with van der Waals surface area (Å²) in [5, 5.41) is 25.3. The summed E-state index contributed by atoms with van der Waals surface area (Å²) < 4.78 is 5.02. The number of carbonyl (C=O) groups is 5. The number of anilines is 1. The molecule has 1 aromatic heterocycles. The lowest BCUT2D eigenvalue weighted by Crippen LogP contribution is -2.73. The van der Waals surface area contributed by atoms with Gasteiger partial charge in [0.15, 0.2) is 10.8 Å². The summed E-state index contributed by atoms with van der Waals surface area (Å²) in [6, 6.07) is 3.12. The van der Waals surface area contributed by atoms with E-state index in [1.165, 1.54) is 36.7 Å². The molecule has 4 N–H and O–H groups in total. The van der Waals surface area contributed by atoms with E-state index in [0.29, 0.717) is 5.56 Å². The van der Waals surface area contributed by atoms with Gasteiger partial charge in [0.1, 0.15) is 30.3 Å². The minimum atomic E-state index is -1.21. The van der Waals surface area contributed by atoms with Crippen molar-refractivity contribution in [1.29, 1.82) is 0 Å². The first-order chi connectivity index (χ1) is 18.6. The Labute approximate surface area is 228 Å². The lowest BCUT2D eigenvalue weighted by atomic mass is 9.98. The number of hydrogen-bond donors (Lipinski definition) is 4. The maximum atomic E-state index is 13.0. The minimum absolute atomic E-state index is 0.0714. The predicted octanol–water partition coefficient (Wildman–Crippen LogP) is -0.578. The molecule has 1 fully saturated rings. The summed E-state index contributed by atoms with van der Waals surface area (Å²) in [5.41, 5.74) is -0.174. The summed E-state index contributed by atoms with van der Waals surface area (Å²) in [7, 11) is 1.36. The van der Waals surface area contributed by atoms with E-state index in [4.69, 9.17) is 21.2 Å². The van der Waals surface area contributed by atoms with Crippen LogP contribution in [0.25, 0.3) is 0 Å². The molecule has 2 aromatic rings. The maximum absolute atomic E-state index is 13.0. The fraction of sp³-hybridized carbons (Fsp3) is 0.286. The Bertz CT molecular complexity index is 1320. The highest BCUT2D eigenvalue weighted by Crippen LogP contribution is 2.17. The van der Waals surface area contributed by atoms with Crippen LogP contribution in [0, 0.1) is 10.1 Å². The van der Waals surface area contributed by atoms with Crippen molar-refractivity contribution >= 4 is 69.1 Å². The highest BCUT2D eigenvalue weighted by molar-refractivity contribution is 7.14. The third-order valence-corrected chi connectivity index (χ3v) is 5.94. The smallest absolute Gasteiger partial charge is 0.347 e. The molecule has 2 atom stereocenters. The summed E-state index contributed by atoms with van der Waals surface area (Å²) in [5.74, 6) is -3.86. The second-order valence-corrected chi connectivity index (χ2v) is 8.69. The molecule has 3 rings (SSSR count). The Hall–Kier alpha value is -4.64. The zero-order valence-electron chi connectivity index (χ0n) is 20.0. The molecule has 2 unspecified atom stereocenters. The molecule has 18 heteroatoms. The van der Waals surface area contributed by atoms with Crippen LogP contribution in [0.4, 0.5) is 10.8 Å². The summed E-state index contributed by atoms with van der Waals surface area (Å²) >= 11 is 6.40. The van der Waals surface area contributed by atoms with E-state index >= 15 is 0 Å². The topological polar surface area (TPSA) is 220 Å². The molecule has 4 amide bonds. The average Bonchev–Trinajstić information content (AvgIpc) is 3.38. The molecule has 1 saturated heterocycles. The summed E-state index contributed by atoms with van der Waals surface area (Å²) in [6.45, 7) is -0.931. The van der Waals surface area contributed by atoms with Crippen LogP contribution in [-0.4, -0.2) is 76.8 Å². The Morgan fingerprint density at radius 1 is 1.26 bits per heavy atom. The third kappa shape index (κ3) is 7.68. The lowest BCUT2D eigenvalue weighted by molar-refractivity contribution is -0.384. The molecular weight excluding hydrogens is 562 g/mol. The van der Waals surface area contributed by atoms with Gasteiger partial charge in [0, 0.05) is 24.6 Å². The Balaban J connectivity index is 1.67. The summed E-state index contributed by atoms with van der Waals surface area (Å²) in [6.07, 6.45) is 0. The number of alkyl halides is 1. The number of halogens is 1. The number of aromatic nitrogens is 1. The second-order valence-electron chi connectivity index (χ2n) is 7.57. The molecule has 0 saturated carbocycles. The highest BCUT2D eigenvalue weighted by atomic mass is 35.5. The van der Waals surface area contributed by atoms with Gasteiger partial charge in [0.2, 0.25) is 24.3 Å². The molecule has 0 aliphatic carbocycles. The number of nitro benzene ring substituents is 1. The molecular formula is C21H20ClN7O9S. The quantitative estimate of drug-likeness (QED) is 0.0623. The van der Waals surface area contributed by atoms with Gasteiger partial charge in [-0.25, -0.2) is 9.78 Å². The molecule has 0 bridgehead atoms. The van der Waals surface area contributed by atoms with Crippen LogP contribution in [0.2, 0.25) is 0 Å². The van der Waals surface area contributed by atoms with E-state index in [0.717, 1.165) is 11.3 Å². The van der Waals surface area contributed by atoms with Gasteiger partial charge in [-0.05, 0) is 17.7 Å². The average molecular weight is 582 g/mol. The number of esters is 1. The number of hydrogen-bond acceptors (Lipinski definition) is 12. The molecule has 0 spiro atoms. The number of amides is 4. The molecule has 0 radical (unpaired) electrons. The Kier molecular flexibility index (Phi) is 9.82. The van der Waals surface area contributed by atoms with Gasteiger partial charge in [0.05, 0.1) is 4.92 Å². The van der Waals surface area contributed by atoms with Crippen LogP contribution in [0.15, 0.2) is 34.8 Å².